The Morgan fingerprint density at radius 2 is 1.61 bits per heavy atom. The number of halogens is 1. The number of carbonyl (C=O) groups is 4. The quantitative estimate of drug-likeness (QED) is 0.0818. The molecule has 5 fully saturated rings. The van der Waals surface area contributed by atoms with Gasteiger partial charge in [0.25, 0.3) is 0 Å². The number of aliphatic hydroxyl groups excluding tert-OH is 3. The Labute approximate surface area is 425 Å². The number of alkyl halides is 1. The third kappa shape index (κ3) is 9.80. The van der Waals surface area contributed by atoms with Crippen LogP contribution in [0.15, 0.2) is 29.0 Å². The first-order chi connectivity index (χ1) is 33.4. The smallest absolute Gasteiger partial charge is 0.339 e. The molecule has 6 rings (SSSR count). The van der Waals surface area contributed by atoms with Crippen LogP contribution in [0.3, 0.4) is 0 Å². The Kier molecular flexibility index (Phi) is 17.3. The highest BCUT2D eigenvalue weighted by Gasteiger charge is 2.76. The van der Waals surface area contributed by atoms with Crippen molar-refractivity contribution in [1.82, 2.24) is 4.90 Å². The Morgan fingerprint density at radius 3 is 2.24 bits per heavy atom. The van der Waals surface area contributed by atoms with Crippen molar-refractivity contribution in [2.75, 3.05) is 41.0 Å². The molecule has 2 aliphatic heterocycles. The van der Waals surface area contributed by atoms with Crippen molar-refractivity contribution in [3.05, 3.63) is 23.8 Å². The number of nitrogens with zero attached hydrogens (tertiary/aromatic N) is 2. The summed E-state index contributed by atoms with van der Waals surface area (Å²) >= 11 is 0. The second-order valence-corrected chi connectivity index (χ2v) is 23.5. The molecule has 3 saturated carbocycles. The summed E-state index contributed by atoms with van der Waals surface area (Å²) in [5.74, 6) is -8.80. The Hall–Kier alpha value is -3.20. The molecule has 6 aliphatic rings. The van der Waals surface area contributed by atoms with Gasteiger partial charge in [-0.3, -0.25) is 14.4 Å². The fraction of sp³-hybridized carbons (Fsp3) is 0.833. The molecule has 5 N–H and O–H groups in total. The molecule has 2 heterocycles. The van der Waals surface area contributed by atoms with Gasteiger partial charge in [-0.25, -0.2) is 9.18 Å². The van der Waals surface area contributed by atoms with E-state index in [1.165, 1.54) is 33.1 Å². The molecule has 2 saturated heterocycles. The molecule has 4 aliphatic carbocycles. The summed E-state index contributed by atoms with van der Waals surface area (Å²) in [4.78, 5) is 62.5. The van der Waals surface area contributed by atoms with Crippen molar-refractivity contribution < 1.29 is 77.6 Å². The molecular formula is C54H85FN2O15. The number of fused-ring (bicyclic) bond motifs is 5. The highest BCUT2D eigenvalue weighted by Crippen LogP contribution is 2.70. The van der Waals surface area contributed by atoms with E-state index in [0.717, 1.165) is 0 Å². The van der Waals surface area contributed by atoms with E-state index < -0.39 is 129 Å². The van der Waals surface area contributed by atoms with Crippen molar-refractivity contribution in [1.29, 1.82) is 0 Å². The van der Waals surface area contributed by atoms with Crippen molar-refractivity contribution >= 4 is 29.2 Å². The van der Waals surface area contributed by atoms with Crippen molar-refractivity contribution in [3.8, 4) is 0 Å². The SMILES string of the molecule is CC[C@H]1OC(=O)[C@H](C)C(=O)[C@H](C)[C@@H](CO[C@H]2[C@H](O)O[C@H](C)C[C@H]2N(C)C)[C@](C)(OC)C[C@@H](C)/C(=N/OCCOC(=O)[C@@]2(O)[C@H](C)CC3C4CCC5=CC(=O)C=C[C@]5(C)[C@@]4(F)[C@@H](O)C[C@@]32C)[C@H](C)[C@@H](O)[C@]1(C)O. The van der Waals surface area contributed by atoms with E-state index in [1.807, 2.05) is 39.8 Å². The summed E-state index contributed by atoms with van der Waals surface area (Å²) in [5, 5.41) is 63.9. The number of carbonyl (C=O) groups excluding carboxylic acids is 4. The highest BCUT2D eigenvalue weighted by molar-refractivity contribution is 6.01. The van der Waals surface area contributed by atoms with Gasteiger partial charge in [0.1, 0.15) is 36.1 Å². The summed E-state index contributed by atoms with van der Waals surface area (Å²) in [6, 6.07) is -0.233. The highest BCUT2D eigenvalue weighted by atomic mass is 19.1. The number of hydrogen-bond donors (Lipinski definition) is 5. The molecule has 0 aromatic rings. The molecule has 0 aromatic carbocycles. The molecule has 0 aromatic heterocycles. The number of ether oxygens (including phenoxy) is 5. The Bertz CT molecular complexity index is 2120. The van der Waals surface area contributed by atoms with Crippen LogP contribution >= 0.6 is 0 Å². The minimum absolute atomic E-state index is 0.0920. The standard InChI is InChI=1S/C54H85FN2O15/c1-15-41-52(11,65)45(61)32(6)42(28(2)25-51(10,67-14)38(31(5)43(60)33(7)46(62)72-41)27-69-44-39(57(12)13)23-30(4)71-47(44)63)56-70-21-20-68-48(64)54(66)29(3)22-37-36-17-16-34-24-35(58)18-19-49(34,8)53(36,55)40(59)26-50(37,54)9/h18-19,24,28-33,36-41,44-45,47,59,61,63,65-66H,15-17,20-23,25-27H2,1-14H3/b56-42-/t28-,29-,30-,31-,32+,33-,36?,37?,38-,39-,40+,41-,44-,45-,47-,49+,50+,51-,52-,53+,54+/m1/s1. The lowest BCUT2D eigenvalue weighted by atomic mass is 9.45. The lowest BCUT2D eigenvalue weighted by Gasteiger charge is -2.62. The van der Waals surface area contributed by atoms with Gasteiger partial charge in [0.15, 0.2) is 29.9 Å². The van der Waals surface area contributed by atoms with E-state index in [4.69, 9.17) is 28.5 Å². The van der Waals surface area contributed by atoms with Gasteiger partial charge in [0.05, 0.1) is 36.2 Å². The predicted octanol–water partition coefficient (Wildman–Crippen LogP) is 4.66. The Morgan fingerprint density at radius 1 is 0.944 bits per heavy atom. The van der Waals surface area contributed by atoms with Crippen molar-refractivity contribution in [3.63, 3.8) is 0 Å². The van der Waals surface area contributed by atoms with Crippen LogP contribution in [0, 0.1) is 58.2 Å². The first-order valence-corrected chi connectivity index (χ1v) is 26.1. The van der Waals surface area contributed by atoms with Gasteiger partial charge in [-0.2, -0.15) is 0 Å². The normalized spacial score (nSPS) is 47.7. The average molecular weight is 1020 g/mol. The first kappa shape index (κ1) is 58.1. The van der Waals surface area contributed by atoms with E-state index >= 15 is 4.39 Å². The van der Waals surface area contributed by atoms with Crippen molar-refractivity contribution in [2.24, 2.45) is 63.3 Å². The zero-order valence-electron chi connectivity index (χ0n) is 45.1. The lowest BCUT2D eigenvalue weighted by molar-refractivity contribution is -0.251. The average Bonchev–Trinajstić information content (AvgIpc) is 3.52. The monoisotopic (exact) mass is 1020 g/mol. The van der Waals surface area contributed by atoms with E-state index in [9.17, 15) is 44.7 Å². The first-order valence-electron chi connectivity index (χ1n) is 26.1. The molecule has 408 valence electrons. The van der Waals surface area contributed by atoms with Gasteiger partial charge in [0, 0.05) is 53.6 Å². The van der Waals surface area contributed by atoms with Crippen LogP contribution in [0.4, 0.5) is 4.39 Å². The maximum atomic E-state index is 17.7. The third-order valence-corrected chi connectivity index (χ3v) is 19.0. The van der Waals surface area contributed by atoms with Crippen LogP contribution in [0.2, 0.25) is 0 Å². The summed E-state index contributed by atoms with van der Waals surface area (Å²) in [5.41, 5.74) is -9.09. The van der Waals surface area contributed by atoms with Gasteiger partial charge >= 0.3 is 11.9 Å². The number of methoxy groups -OCH3 is 1. The fourth-order valence-corrected chi connectivity index (χ4v) is 14.3. The minimum Gasteiger partial charge on any atom is -0.460 e. The maximum absolute atomic E-state index is 17.7. The molecule has 21 atom stereocenters. The van der Waals surface area contributed by atoms with Gasteiger partial charge in [-0.15, -0.1) is 0 Å². The van der Waals surface area contributed by atoms with Gasteiger partial charge < -0.3 is 59.0 Å². The van der Waals surface area contributed by atoms with Crippen molar-refractivity contribution in [2.45, 2.75) is 186 Å². The van der Waals surface area contributed by atoms with Crippen LogP contribution in [0.25, 0.3) is 0 Å². The second kappa shape index (κ2) is 21.4. The summed E-state index contributed by atoms with van der Waals surface area (Å²) in [6.07, 6.45) is -0.650. The van der Waals surface area contributed by atoms with Crippen LogP contribution < -0.4 is 0 Å². The molecule has 0 amide bonds. The van der Waals surface area contributed by atoms with Gasteiger partial charge in [-0.05, 0) is 118 Å². The van der Waals surface area contributed by atoms with Gasteiger partial charge in [0.2, 0.25) is 0 Å². The number of aliphatic hydroxyl groups is 5. The number of likely N-dealkylation sites (N-methyl/N-ethyl adjacent to an activating group) is 1. The predicted molar refractivity (Wildman–Crippen MR) is 263 cm³/mol. The topological polar surface area (TPSA) is 240 Å². The van der Waals surface area contributed by atoms with E-state index in [2.05, 4.69) is 5.16 Å². The van der Waals surface area contributed by atoms with Crippen LogP contribution in [0.1, 0.15) is 121 Å². The molecule has 72 heavy (non-hydrogen) atoms. The molecular weight excluding hydrogens is 936 g/mol. The van der Waals surface area contributed by atoms with E-state index in [1.54, 1.807) is 47.6 Å². The molecule has 18 heteroatoms. The number of cyclic esters (lactones) is 1. The molecule has 0 bridgehead atoms. The van der Waals surface area contributed by atoms with Crippen LogP contribution in [-0.2, 0) is 47.7 Å². The Balaban J connectivity index is 1.25. The van der Waals surface area contributed by atoms with Gasteiger partial charge in [-0.1, -0.05) is 58.3 Å². The number of rotatable bonds is 11. The number of ketones is 2. The molecule has 17 nitrogen and oxygen atoms in total. The zero-order valence-corrected chi connectivity index (χ0v) is 45.1. The number of hydrogen-bond acceptors (Lipinski definition) is 17. The lowest BCUT2D eigenvalue weighted by Crippen LogP contribution is -2.69. The largest absolute Gasteiger partial charge is 0.460 e. The zero-order chi connectivity index (χ0) is 53.8. The van der Waals surface area contributed by atoms with E-state index in [0.29, 0.717) is 31.3 Å². The number of Topliss-reactive ketones (excluding diaryl/α,β-unsaturated/α-hetero) is 1. The number of esters is 2. The molecule has 0 radical (unpaired) electrons. The maximum Gasteiger partial charge on any atom is 0.339 e. The number of allylic oxidation sites excluding steroid dienone is 4. The molecule has 0 spiro atoms. The summed E-state index contributed by atoms with van der Waals surface area (Å²) in [7, 11) is 5.27. The fourth-order valence-electron chi connectivity index (χ4n) is 14.3. The third-order valence-electron chi connectivity index (χ3n) is 19.0. The second-order valence-electron chi connectivity index (χ2n) is 23.5. The summed E-state index contributed by atoms with van der Waals surface area (Å²) < 4.78 is 47.9. The molecule has 2 unspecified atom stereocenters. The summed E-state index contributed by atoms with van der Waals surface area (Å²) in [6.45, 7) is 17.7. The minimum atomic E-state index is -2.14. The van der Waals surface area contributed by atoms with Crippen LogP contribution in [0.5, 0.6) is 0 Å². The number of oxime groups is 1. The van der Waals surface area contributed by atoms with E-state index in [-0.39, 0.29) is 62.7 Å². The van der Waals surface area contributed by atoms with Crippen LogP contribution in [-0.4, -0.2) is 166 Å².